The van der Waals surface area contributed by atoms with Gasteiger partial charge in [0.25, 0.3) is 59.1 Å². The van der Waals surface area contributed by atoms with Gasteiger partial charge in [-0.2, -0.15) is 0 Å². The van der Waals surface area contributed by atoms with E-state index in [4.69, 9.17) is 9.47 Å². The number of aliphatic hydroxyl groups is 1. The van der Waals surface area contributed by atoms with Gasteiger partial charge in [-0.1, -0.05) is 221 Å². The number of hydrogen-bond acceptors (Lipinski definition) is 15. The molecule has 22 rings (SSSR count). The molecule has 0 unspecified atom stereocenters. The number of aliphatic hydroxyl groups excluding tert-OH is 1. The Kier molecular flexibility index (Phi) is 23.0. The fourth-order valence-electron chi connectivity index (χ4n) is 23.9. The molecule has 5 heterocycles. The number of ether oxygens (including phenoxy) is 2. The highest BCUT2D eigenvalue weighted by molar-refractivity contribution is 6.46. The summed E-state index contributed by atoms with van der Waals surface area (Å²) in [5.74, 6) is -3.65. The van der Waals surface area contributed by atoms with Gasteiger partial charge in [-0.15, -0.1) is 0 Å². The number of amides is 10. The summed E-state index contributed by atoms with van der Waals surface area (Å²) in [6.07, 6.45) is 20.3. The number of carbonyl (C=O) groups is 12. The van der Waals surface area contributed by atoms with Gasteiger partial charge >= 0.3 is 0 Å². The Morgan fingerprint density at radius 2 is 0.532 bits per heavy atom. The van der Waals surface area contributed by atoms with E-state index in [0.717, 1.165) is 209 Å². The molecule has 17 aromatic carbocycles. The first-order valence-corrected chi connectivity index (χ1v) is 49.9. The molecule has 0 saturated heterocycles. The smallest absolute Gasteiger partial charge is 0.261 e. The summed E-state index contributed by atoms with van der Waals surface area (Å²) in [5, 5.41) is 25.6. The number of Topliss-reactive ketones (excluding diaryl/α,β-unsaturated/α-hetero) is 2. The second-order valence-electron chi connectivity index (χ2n) is 38.8. The van der Waals surface area contributed by atoms with E-state index in [-0.39, 0.29) is 127 Å². The summed E-state index contributed by atoms with van der Waals surface area (Å²) in [5.41, 5.74) is 5.84. The van der Waals surface area contributed by atoms with Crippen LogP contribution < -0.4 is 9.47 Å². The second-order valence-corrected chi connectivity index (χ2v) is 38.8. The summed E-state index contributed by atoms with van der Waals surface area (Å²) >= 11 is 0. The molecule has 5 aliphatic rings. The summed E-state index contributed by atoms with van der Waals surface area (Å²) in [6, 6.07) is 54.1. The third-order valence-corrected chi connectivity index (χ3v) is 30.6. The summed E-state index contributed by atoms with van der Waals surface area (Å²) in [4.78, 5) is 185. The zero-order chi connectivity index (χ0) is 95.9. The van der Waals surface area contributed by atoms with Gasteiger partial charge in [0, 0.05) is 153 Å². The molecule has 696 valence electrons. The normalized spacial score (nSPS) is 14.5. The quantitative estimate of drug-likeness (QED) is 0.0125. The van der Waals surface area contributed by atoms with Gasteiger partial charge in [-0.3, -0.25) is 82.0 Å². The fraction of sp³-hybridized carbons (Fsp3) is 0.294. The topological polar surface area (TPSA) is 260 Å². The van der Waals surface area contributed by atoms with Gasteiger partial charge in [0.15, 0.2) is 11.6 Å². The maximum Gasteiger partial charge on any atom is 0.261 e. The average molecular weight is 1850 g/mol. The maximum atomic E-state index is 15.2. The number of carbonyl (C=O) groups excluding carboxylic acids is 12. The monoisotopic (exact) mass is 1840 g/mol. The highest BCUT2D eigenvalue weighted by Gasteiger charge is 2.45. The molecule has 5 aliphatic heterocycles. The van der Waals surface area contributed by atoms with Gasteiger partial charge in [-0.25, -0.2) is 0 Å². The van der Waals surface area contributed by atoms with E-state index in [1.165, 1.54) is 23.6 Å². The summed E-state index contributed by atoms with van der Waals surface area (Å²) in [6.45, 7) is 11.2. The first-order chi connectivity index (χ1) is 67.7. The Morgan fingerprint density at radius 1 is 0.259 bits per heavy atom. The molecule has 139 heavy (non-hydrogen) atoms. The van der Waals surface area contributed by atoms with E-state index in [2.05, 4.69) is 27.7 Å². The lowest BCUT2D eigenvalue weighted by Gasteiger charge is -2.35. The first kappa shape index (κ1) is 89.5. The minimum Gasteiger partial charge on any atom is -0.457 e. The van der Waals surface area contributed by atoms with Crippen LogP contribution in [0.15, 0.2) is 182 Å². The highest BCUT2D eigenvalue weighted by atomic mass is 16.5. The largest absolute Gasteiger partial charge is 0.457 e. The first-order valence-electron chi connectivity index (χ1n) is 49.9. The Hall–Kier alpha value is -14.8. The number of imide groups is 5. The maximum absolute atomic E-state index is 15.2. The van der Waals surface area contributed by atoms with Crippen molar-refractivity contribution in [2.24, 2.45) is 0 Å². The van der Waals surface area contributed by atoms with Gasteiger partial charge in [0.2, 0.25) is 0 Å². The van der Waals surface area contributed by atoms with Gasteiger partial charge in [0.05, 0.1) is 5.56 Å². The van der Waals surface area contributed by atoms with Crippen molar-refractivity contribution < 1.29 is 72.1 Å². The Balaban J connectivity index is 0.546. The van der Waals surface area contributed by atoms with E-state index in [1.807, 2.05) is 97.1 Å². The minimum absolute atomic E-state index is 0.0213. The van der Waals surface area contributed by atoms with Crippen LogP contribution in [0.1, 0.15) is 312 Å². The van der Waals surface area contributed by atoms with Crippen molar-refractivity contribution in [3.8, 4) is 23.0 Å². The van der Waals surface area contributed by atoms with Gasteiger partial charge in [0.1, 0.15) is 23.0 Å². The molecule has 0 saturated carbocycles. The highest BCUT2D eigenvalue weighted by Crippen LogP contribution is 2.55. The Bertz CT molecular complexity index is 7950. The number of hydrogen-bond donors (Lipinski definition) is 1. The number of fused-ring (bicyclic) bond motifs is 6. The number of unbranched alkanes of at least 4 members (excludes halogenated alkanes) is 12. The van der Waals surface area contributed by atoms with Crippen LogP contribution in [-0.4, -0.2) is 139 Å². The Labute approximate surface area is 802 Å². The van der Waals surface area contributed by atoms with E-state index in [1.54, 1.807) is 94.7 Å². The van der Waals surface area contributed by atoms with Crippen LogP contribution in [0.3, 0.4) is 0 Å². The van der Waals surface area contributed by atoms with Crippen molar-refractivity contribution in [1.82, 2.24) is 24.5 Å². The molecule has 0 atom stereocenters. The van der Waals surface area contributed by atoms with Crippen molar-refractivity contribution in [2.45, 2.75) is 201 Å². The molecule has 0 radical (unpaired) electrons. The molecule has 10 amide bonds. The third kappa shape index (κ3) is 14.2. The third-order valence-electron chi connectivity index (χ3n) is 30.6. The molecule has 0 bridgehead atoms. The van der Waals surface area contributed by atoms with Crippen LogP contribution in [-0.2, 0) is 12.8 Å². The standard InChI is InChI=1S/C119H105N5O15/c1-7-11-15-19-24-68(25-20-16-12-8-2)123-116(134)88-51-41-77-73-37-47-83-101-84(48-38-74(97(73)101)78-42-52-89(117(123)135)103(88)99(77)78)112(130)121(111(83)129)59-56-66-28-32-70(33-29-66)138-94-62-92(65(6)127)96-72(64(5)126)36-45-81-107-95(63-93-105-87(110(128)120(115(93)133)58-23-61-125)55-46-82(109(105)107)106(94)108(81)96)139-71-34-30-67(31-35-71)57-60-122-113(131)85-49-39-75-79-43-53-90-104-91(54-44-80(100(79)104)76-40-50-86(114(122)132)102(85)98(75)76)119(137)124(118(90)136)69(26-21-17-13-9-3)27-22-18-14-10-4/h28-55,62-63,68-69,125H,7-27,56-61H2,1-6H3. The molecule has 0 aliphatic carbocycles. The van der Waals surface area contributed by atoms with Crippen molar-refractivity contribution in [2.75, 3.05) is 26.2 Å². The van der Waals surface area contributed by atoms with Crippen molar-refractivity contribution in [1.29, 1.82) is 0 Å². The zero-order valence-electron chi connectivity index (χ0n) is 79.0. The zero-order valence-corrected chi connectivity index (χ0v) is 79.0. The summed E-state index contributed by atoms with van der Waals surface area (Å²) < 4.78 is 14.1. The van der Waals surface area contributed by atoms with Crippen LogP contribution in [0.5, 0.6) is 23.0 Å². The van der Waals surface area contributed by atoms with Crippen molar-refractivity contribution in [3.05, 3.63) is 260 Å². The summed E-state index contributed by atoms with van der Waals surface area (Å²) in [7, 11) is 0. The molecule has 17 aromatic rings. The minimum atomic E-state index is -0.616. The lowest BCUT2D eigenvalue weighted by atomic mass is 9.81. The fourth-order valence-corrected chi connectivity index (χ4v) is 23.9. The molecule has 20 nitrogen and oxygen atoms in total. The Morgan fingerprint density at radius 3 is 0.842 bits per heavy atom. The SMILES string of the molecule is CCCCCCC(CCCCCC)N1C(=O)c2ccc3c4ccc5c6c(ccc(c7ccc(c2c37)C1=O)c64)C(=O)N(CCc1ccc(Oc2cc(C(C)=O)c3c(C(C)=O)ccc4c6c(Oc7ccc(CCN8C(=O)c9ccc%10c%11ccc%12c%13c(ccc(c%14ccc(c9c%10%14)C8=O)c%13%11)C(=O)N(C(CCCCCC)CCCCCC)C%12=O)cc7)cc7c8c(ccc(c2c34)c86)C(=O)N(CCCO)C7=O)cc1)C5=O. The lowest BCUT2D eigenvalue weighted by molar-refractivity contribution is 0.0501. The number of ketones is 2. The van der Waals surface area contributed by atoms with Crippen LogP contribution >= 0.6 is 0 Å². The van der Waals surface area contributed by atoms with Crippen LogP contribution in [0, 0.1) is 0 Å². The number of nitrogens with zero attached hydrogens (tertiary/aromatic N) is 5. The molecule has 20 heteroatoms. The number of rotatable bonds is 37. The lowest BCUT2D eigenvalue weighted by Crippen LogP contribution is -2.47. The number of benzene rings is 17. The average Bonchev–Trinajstić information content (AvgIpc) is 0.687. The van der Waals surface area contributed by atoms with E-state index >= 15 is 14.4 Å². The van der Waals surface area contributed by atoms with Gasteiger partial charge < -0.3 is 14.6 Å². The molecule has 0 fully saturated rings. The molecule has 0 spiro atoms. The predicted molar refractivity (Wildman–Crippen MR) is 545 cm³/mol. The molecular weight excluding hydrogens is 1740 g/mol. The van der Waals surface area contributed by atoms with Crippen molar-refractivity contribution >= 4 is 200 Å². The van der Waals surface area contributed by atoms with E-state index < -0.39 is 35.4 Å². The van der Waals surface area contributed by atoms with Gasteiger partial charge in [-0.05, 0) is 236 Å². The predicted octanol–water partition coefficient (Wildman–Crippen LogP) is 26.3. The van der Waals surface area contributed by atoms with E-state index in [0.29, 0.717) is 121 Å². The van der Waals surface area contributed by atoms with Crippen LogP contribution in [0.4, 0.5) is 0 Å². The van der Waals surface area contributed by atoms with Crippen LogP contribution in [0.25, 0.3) is 129 Å². The van der Waals surface area contributed by atoms with Crippen LogP contribution in [0.2, 0.25) is 0 Å². The second kappa shape index (κ2) is 35.7. The molecule has 1 N–H and O–H groups in total. The molecular formula is C119H105N5O15. The van der Waals surface area contributed by atoms with E-state index in [9.17, 15) is 48.3 Å². The van der Waals surface area contributed by atoms with Crippen molar-refractivity contribution in [3.63, 3.8) is 0 Å². The molecule has 0 aromatic heterocycles.